The summed E-state index contributed by atoms with van der Waals surface area (Å²) in [6.07, 6.45) is 9.42. The summed E-state index contributed by atoms with van der Waals surface area (Å²) >= 11 is 0. The second-order valence-electron chi connectivity index (χ2n) is 3.97. The first-order valence-corrected chi connectivity index (χ1v) is 5.32. The molecule has 0 N–H and O–H groups in total. The van der Waals surface area contributed by atoms with Crippen LogP contribution in [0.2, 0.25) is 0 Å². The van der Waals surface area contributed by atoms with Gasteiger partial charge in [-0.15, -0.1) is 0 Å². The fourth-order valence-corrected chi connectivity index (χ4v) is 2.09. The lowest BCUT2D eigenvalue weighted by Gasteiger charge is -2.13. The Balaban J connectivity index is 2.07. The zero-order valence-electron chi connectivity index (χ0n) is 9.09. The number of hydrogen-bond acceptors (Lipinski definition) is 3. The fraction of sp³-hybridized carbons (Fsp3) is 0.250. The molecule has 0 amide bonds. The maximum Gasteiger partial charge on any atom is 0.158 e. The molecule has 0 unspecified atom stereocenters. The number of nitrogens with zero attached hydrogens (tertiary/aromatic N) is 4. The van der Waals surface area contributed by atoms with Gasteiger partial charge in [-0.3, -0.25) is 0 Å². The zero-order chi connectivity index (χ0) is 11.0. The van der Waals surface area contributed by atoms with Crippen LogP contribution in [0.4, 0.5) is 0 Å². The van der Waals surface area contributed by atoms with Gasteiger partial charge in [0.1, 0.15) is 12.7 Å². The van der Waals surface area contributed by atoms with Gasteiger partial charge in [-0.25, -0.2) is 15.0 Å². The summed E-state index contributed by atoms with van der Waals surface area (Å²) in [4.78, 5) is 12.2. The number of hydrogen-bond donors (Lipinski definition) is 0. The second kappa shape index (κ2) is 3.56. The number of aromatic nitrogens is 4. The summed E-state index contributed by atoms with van der Waals surface area (Å²) in [5.74, 6) is 0.793. The highest BCUT2D eigenvalue weighted by atomic mass is 15.0. The van der Waals surface area contributed by atoms with Gasteiger partial charge in [0.05, 0.1) is 0 Å². The minimum atomic E-state index is 0.793. The molecule has 0 atom stereocenters. The Bertz CT molecular complexity index is 539. The van der Waals surface area contributed by atoms with E-state index in [2.05, 4.69) is 44.9 Å². The highest BCUT2D eigenvalue weighted by molar-refractivity contribution is 5.80. The van der Waals surface area contributed by atoms with Crippen LogP contribution in [0.5, 0.6) is 0 Å². The van der Waals surface area contributed by atoms with E-state index in [1.54, 1.807) is 12.7 Å². The molecule has 0 saturated carbocycles. The highest BCUT2D eigenvalue weighted by Gasteiger charge is 2.15. The average Bonchev–Trinajstić information content (AvgIpc) is 2.72. The van der Waals surface area contributed by atoms with Gasteiger partial charge in [0, 0.05) is 18.9 Å². The van der Waals surface area contributed by atoms with Crippen molar-refractivity contribution in [3.05, 3.63) is 42.0 Å². The summed E-state index contributed by atoms with van der Waals surface area (Å²) in [5.41, 5.74) is 3.86. The van der Waals surface area contributed by atoms with Crippen molar-refractivity contribution in [3.63, 3.8) is 0 Å². The molecule has 0 aliphatic heterocycles. The summed E-state index contributed by atoms with van der Waals surface area (Å²) in [7, 11) is 2.06. The molecule has 2 heterocycles. The third kappa shape index (κ3) is 1.43. The zero-order valence-corrected chi connectivity index (χ0v) is 9.09. The van der Waals surface area contributed by atoms with E-state index < -0.39 is 0 Å². The molecule has 0 radical (unpaired) electrons. The molecule has 2 aromatic heterocycles. The molecule has 16 heavy (non-hydrogen) atoms. The van der Waals surface area contributed by atoms with Crippen molar-refractivity contribution in [1.29, 1.82) is 0 Å². The van der Waals surface area contributed by atoms with Gasteiger partial charge in [0.25, 0.3) is 0 Å². The predicted octanol–water partition coefficient (Wildman–Crippen LogP) is 1.70. The molecule has 3 rings (SSSR count). The number of rotatable bonds is 1. The van der Waals surface area contributed by atoms with Crippen molar-refractivity contribution in [1.82, 2.24) is 19.5 Å². The first-order valence-electron chi connectivity index (χ1n) is 5.32. The molecule has 4 nitrogen and oxygen atoms in total. The van der Waals surface area contributed by atoms with Gasteiger partial charge in [0.2, 0.25) is 0 Å². The van der Waals surface area contributed by atoms with Crippen LogP contribution in [0, 0.1) is 0 Å². The topological polar surface area (TPSA) is 43.6 Å². The van der Waals surface area contributed by atoms with E-state index in [0.717, 1.165) is 18.7 Å². The third-order valence-corrected chi connectivity index (χ3v) is 2.96. The molecular formula is C12H12N4. The van der Waals surface area contributed by atoms with E-state index in [0.29, 0.717) is 0 Å². The van der Waals surface area contributed by atoms with Gasteiger partial charge in [0.15, 0.2) is 5.82 Å². The molecule has 0 fully saturated rings. The Morgan fingerprint density at radius 2 is 2.00 bits per heavy atom. The summed E-state index contributed by atoms with van der Waals surface area (Å²) in [5, 5.41) is 0. The maximum atomic E-state index is 4.19. The number of fused-ring (bicyclic) bond motifs is 1. The number of allylic oxidation sites excluding steroid dienone is 1. The van der Waals surface area contributed by atoms with E-state index in [1.165, 1.54) is 16.8 Å². The van der Waals surface area contributed by atoms with Crippen LogP contribution in [0.15, 0.2) is 24.9 Å². The largest absolute Gasteiger partial charge is 0.351 e. The van der Waals surface area contributed by atoms with E-state index in [-0.39, 0.29) is 0 Å². The van der Waals surface area contributed by atoms with Crippen LogP contribution in [0.3, 0.4) is 0 Å². The Hall–Kier alpha value is -1.97. The quantitative estimate of drug-likeness (QED) is 0.722. The lowest BCUT2D eigenvalue weighted by molar-refractivity contribution is 0.882. The predicted molar refractivity (Wildman–Crippen MR) is 61.4 cm³/mol. The van der Waals surface area contributed by atoms with Crippen molar-refractivity contribution in [2.24, 2.45) is 7.05 Å². The van der Waals surface area contributed by atoms with Crippen LogP contribution in [0.25, 0.3) is 11.6 Å². The summed E-state index contributed by atoms with van der Waals surface area (Å²) in [6, 6.07) is 2.18. The second-order valence-corrected chi connectivity index (χ2v) is 3.97. The highest BCUT2D eigenvalue weighted by Crippen LogP contribution is 2.28. The van der Waals surface area contributed by atoms with Gasteiger partial charge in [-0.2, -0.15) is 0 Å². The Morgan fingerprint density at radius 1 is 1.19 bits per heavy atom. The van der Waals surface area contributed by atoms with Crippen LogP contribution >= 0.6 is 0 Å². The smallest absolute Gasteiger partial charge is 0.158 e. The van der Waals surface area contributed by atoms with Gasteiger partial charge in [-0.05, 0) is 36.1 Å². The minimum absolute atomic E-state index is 0.793. The van der Waals surface area contributed by atoms with Crippen molar-refractivity contribution in [3.8, 4) is 0 Å². The van der Waals surface area contributed by atoms with Crippen LogP contribution in [0.1, 0.15) is 23.5 Å². The minimum Gasteiger partial charge on any atom is -0.351 e. The third-order valence-electron chi connectivity index (χ3n) is 2.96. The standard InChI is InChI=1S/C12H12N4/c1-16-5-4-9-2-3-10(6-11(9)16)12-14-7-13-8-15-12/h4-8H,2-3H2,1H3. The molecule has 0 spiro atoms. The van der Waals surface area contributed by atoms with E-state index >= 15 is 0 Å². The monoisotopic (exact) mass is 212 g/mol. The van der Waals surface area contributed by atoms with Gasteiger partial charge >= 0.3 is 0 Å². The van der Waals surface area contributed by atoms with Gasteiger partial charge in [-0.1, -0.05) is 0 Å². The molecule has 0 bridgehead atoms. The molecule has 1 aliphatic rings. The Kier molecular flexibility index (Phi) is 2.06. The SMILES string of the molecule is Cn1ccc2c1C=C(c1ncncn1)CC2. The first-order chi connectivity index (χ1) is 7.84. The summed E-state index contributed by atoms with van der Waals surface area (Å²) < 4.78 is 2.13. The molecule has 80 valence electrons. The molecule has 1 aliphatic carbocycles. The van der Waals surface area contributed by atoms with E-state index in [4.69, 9.17) is 0 Å². The normalized spacial score (nSPS) is 14.4. The Labute approximate surface area is 93.7 Å². The molecule has 0 saturated heterocycles. The van der Waals surface area contributed by atoms with Crippen molar-refractivity contribution < 1.29 is 0 Å². The van der Waals surface area contributed by atoms with E-state index in [1.807, 2.05) is 0 Å². The first kappa shape index (κ1) is 9.27. The lowest BCUT2D eigenvalue weighted by Crippen LogP contribution is -2.03. The lowest BCUT2D eigenvalue weighted by atomic mass is 9.97. The number of aryl methyl sites for hydroxylation is 2. The fourth-order valence-electron chi connectivity index (χ4n) is 2.09. The average molecular weight is 212 g/mol. The van der Waals surface area contributed by atoms with Crippen molar-refractivity contribution in [2.45, 2.75) is 12.8 Å². The molecule has 2 aromatic rings. The maximum absolute atomic E-state index is 4.19. The van der Waals surface area contributed by atoms with Crippen LogP contribution in [-0.2, 0) is 13.5 Å². The van der Waals surface area contributed by atoms with E-state index in [9.17, 15) is 0 Å². The van der Waals surface area contributed by atoms with Gasteiger partial charge < -0.3 is 4.57 Å². The molecule has 4 heteroatoms. The summed E-state index contributed by atoms with van der Waals surface area (Å²) in [6.45, 7) is 0. The van der Waals surface area contributed by atoms with Crippen LogP contribution in [-0.4, -0.2) is 19.5 Å². The molecular weight excluding hydrogens is 200 g/mol. The molecule has 0 aromatic carbocycles. The van der Waals surface area contributed by atoms with Crippen molar-refractivity contribution >= 4 is 11.6 Å². The Morgan fingerprint density at radius 3 is 2.81 bits per heavy atom. The van der Waals surface area contributed by atoms with Crippen molar-refractivity contribution in [2.75, 3.05) is 0 Å². The van der Waals surface area contributed by atoms with Crippen LogP contribution < -0.4 is 0 Å².